The lowest BCUT2D eigenvalue weighted by molar-refractivity contribution is 0.0902. The molecular formula is C13H18BrN3O. The molecular weight excluding hydrogens is 294 g/mol. The zero-order valence-corrected chi connectivity index (χ0v) is 12.1. The van der Waals surface area contributed by atoms with Crippen molar-refractivity contribution in [1.82, 2.24) is 15.5 Å². The zero-order valence-electron chi connectivity index (χ0n) is 10.6. The molecule has 1 aromatic rings. The number of nitrogens with zero attached hydrogens (tertiary/aromatic N) is 1. The Kier molecular flexibility index (Phi) is 2.96. The molecule has 2 aliphatic carbocycles. The third kappa shape index (κ3) is 2.20. The Hall–Kier alpha value is -0.840. The summed E-state index contributed by atoms with van der Waals surface area (Å²) in [5.41, 5.74) is 1.54. The molecule has 1 amide bonds. The smallest absolute Gasteiger partial charge is 0.273 e. The largest absolute Gasteiger partial charge is 0.345 e. The maximum atomic E-state index is 12.3. The predicted octanol–water partition coefficient (Wildman–Crippen LogP) is 3.11. The first-order chi connectivity index (χ1) is 8.59. The number of H-pyrrole nitrogens is 1. The lowest BCUT2D eigenvalue weighted by Crippen LogP contribution is -2.43. The van der Waals surface area contributed by atoms with Gasteiger partial charge in [0.15, 0.2) is 5.69 Å². The SMILES string of the molecule is CC1(NC(=O)c2n[nH]c(C3CC3)c2Br)CCCC1. The molecule has 0 bridgehead atoms. The third-order valence-corrected chi connectivity index (χ3v) is 4.86. The van der Waals surface area contributed by atoms with Crippen molar-refractivity contribution in [3.63, 3.8) is 0 Å². The van der Waals surface area contributed by atoms with Gasteiger partial charge in [0.2, 0.25) is 0 Å². The summed E-state index contributed by atoms with van der Waals surface area (Å²) in [5, 5.41) is 10.3. The van der Waals surface area contributed by atoms with Gasteiger partial charge in [-0.25, -0.2) is 0 Å². The van der Waals surface area contributed by atoms with Gasteiger partial charge in [0.25, 0.3) is 5.91 Å². The van der Waals surface area contributed by atoms with Crippen LogP contribution in [0.5, 0.6) is 0 Å². The van der Waals surface area contributed by atoms with Crippen molar-refractivity contribution < 1.29 is 4.79 Å². The molecule has 3 rings (SSSR count). The first-order valence-corrected chi connectivity index (χ1v) is 7.45. The first kappa shape index (κ1) is 12.2. The van der Waals surface area contributed by atoms with E-state index in [1.165, 1.54) is 25.7 Å². The molecule has 1 aromatic heterocycles. The molecule has 18 heavy (non-hydrogen) atoms. The highest BCUT2D eigenvalue weighted by Crippen LogP contribution is 2.43. The second-order valence-corrected chi connectivity index (χ2v) is 6.59. The van der Waals surface area contributed by atoms with E-state index in [0.29, 0.717) is 11.6 Å². The van der Waals surface area contributed by atoms with Crippen LogP contribution in [0.4, 0.5) is 0 Å². The van der Waals surface area contributed by atoms with Crippen molar-refractivity contribution >= 4 is 21.8 Å². The number of rotatable bonds is 3. The molecule has 1 heterocycles. The second-order valence-electron chi connectivity index (χ2n) is 5.80. The van der Waals surface area contributed by atoms with Gasteiger partial charge >= 0.3 is 0 Å². The van der Waals surface area contributed by atoms with Crippen LogP contribution in [0.15, 0.2) is 4.47 Å². The van der Waals surface area contributed by atoms with Gasteiger partial charge in [-0.05, 0) is 48.5 Å². The highest BCUT2D eigenvalue weighted by Gasteiger charge is 2.34. The Morgan fingerprint density at radius 1 is 1.44 bits per heavy atom. The van der Waals surface area contributed by atoms with Crippen LogP contribution in [0, 0.1) is 0 Å². The fourth-order valence-corrected chi connectivity index (χ4v) is 3.43. The number of carbonyl (C=O) groups excluding carboxylic acids is 1. The van der Waals surface area contributed by atoms with Crippen LogP contribution in [-0.4, -0.2) is 21.6 Å². The summed E-state index contributed by atoms with van der Waals surface area (Å²) in [5.74, 6) is 0.505. The summed E-state index contributed by atoms with van der Waals surface area (Å²) in [7, 11) is 0. The molecule has 0 aliphatic heterocycles. The van der Waals surface area contributed by atoms with Gasteiger partial charge in [-0.15, -0.1) is 0 Å². The number of hydrogen-bond acceptors (Lipinski definition) is 2. The van der Waals surface area contributed by atoms with E-state index in [-0.39, 0.29) is 11.4 Å². The molecule has 0 unspecified atom stereocenters. The van der Waals surface area contributed by atoms with Crippen LogP contribution in [0.1, 0.15) is 67.5 Å². The molecule has 0 atom stereocenters. The fourth-order valence-electron chi connectivity index (χ4n) is 2.75. The summed E-state index contributed by atoms with van der Waals surface area (Å²) in [4.78, 5) is 12.3. The quantitative estimate of drug-likeness (QED) is 0.901. The Labute approximate surface area is 115 Å². The lowest BCUT2D eigenvalue weighted by atomic mass is 10.0. The molecule has 0 aromatic carbocycles. The maximum Gasteiger partial charge on any atom is 0.273 e. The highest BCUT2D eigenvalue weighted by atomic mass is 79.9. The highest BCUT2D eigenvalue weighted by molar-refractivity contribution is 9.10. The normalized spacial score (nSPS) is 22.1. The van der Waals surface area contributed by atoms with E-state index >= 15 is 0 Å². The van der Waals surface area contributed by atoms with E-state index in [1.807, 2.05) is 0 Å². The fraction of sp³-hybridized carbons (Fsp3) is 0.692. The average Bonchev–Trinajstić information content (AvgIpc) is 2.96. The second kappa shape index (κ2) is 4.37. The molecule has 0 radical (unpaired) electrons. The number of hydrogen-bond donors (Lipinski definition) is 2. The van der Waals surface area contributed by atoms with Crippen molar-refractivity contribution in [3.05, 3.63) is 15.9 Å². The van der Waals surface area contributed by atoms with E-state index in [1.54, 1.807) is 0 Å². The summed E-state index contributed by atoms with van der Waals surface area (Å²) in [6.07, 6.45) is 6.92. The van der Waals surface area contributed by atoms with Gasteiger partial charge in [-0.3, -0.25) is 9.89 Å². The van der Waals surface area contributed by atoms with Gasteiger partial charge in [0, 0.05) is 11.5 Å². The van der Waals surface area contributed by atoms with Crippen molar-refractivity contribution in [1.29, 1.82) is 0 Å². The van der Waals surface area contributed by atoms with Gasteiger partial charge in [0.05, 0.1) is 10.2 Å². The summed E-state index contributed by atoms with van der Waals surface area (Å²) in [6, 6.07) is 0. The molecule has 0 saturated heterocycles. The molecule has 2 aliphatic rings. The zero-order chi connectivity index (χ0) is 12.8. The van der Waals surface area contributed by atoms with Gasteiger partial charge in [-0.2, -0.15) is 5.10 Å². The molecule has 2 N–H and O–H groups in total. The minimum Gasteiger partial charge on any atom is -0.345 e. The number of amides is 1. The molecule has 0 spiro atoms. The Balaban J connectivity index is 1.75. The standard InChI is InChI=1S/C13H18BrN3O/c1-13(6-2-3-7-13)15-12(18)11-9(14)10(16-17-11)8-4-5-8/h8H,2-7H2,1H3,(H,15,18)(H,16,17). The average molecular weight is 312 g/mol. The van der Waals surface area contributed by atoms with E-state index in [0.717, 1.165) is 23.0 Å². The summed E-state index contributed by atoms with van der Waals surface area (Å²) in [6.45, 7) is 2.13. The van der Waals surface area contributed by atoms with E-state index in [9.17, 15) is 4.79 Å². The summed E-state index contributed by atoms with van der Waals surface area (Å²) >= 11 is 3.50. The van der Waals surface area contributed by atoms with Crippen molar-refractivity contribution in [2.45, 2.75) is 56.9 Å². The van der Waals surface area contributed by atoms with Crippen LogP contribution >= 0.6 is 15.9 Å². The van der Waals surface area contributed by atoms with E-state index in [2.05, 4.69) is 38.4 Å². The Bertz CT molecular complexity index is 473. The van der Waals surface area contributed by atoms with Crippen LogP contribution in [0.2, 0.25) is 0 Å². The van der Waals surface area contributed by atoms with Crippen LogP contribution in [0.3, 0.4) is 0 Å². The third-order valence-electron chi connectivity index (χ3n) is 4.06. The minimum atomic E-state index is -0.0607. The minimum absolute atomic E-state index is 0.0464. The number of carbonyl (C=O) groups is 1. The van der Waals surface area contributed by atoms with Crippen molar-refractivity contribution in [3.8, 4) is 0 Å². The van der Waals surface area contributed by atoms with Crippen molar-refractivity contribution in [2.24, 2.45) is 0 Å². The van der Waals surface area contributed by atoms with Gasteiger partial charge in [0.1, 0.15) is 0 Å². The Morgan fingerprint density at radius 2 is 2.11 bits per heavy atom. The van der Waals surface area contributed by atoms with E-state index < -0.39 is 0 Å². The molecule has 4 nitrogen and oxygen atoms in total. The first-order valence-electron chi connectivity index (χ1n) is 6.65. The number of halogens is 1. The van der Waals surface area contributed by atoms with Crippen LogP contribution < -0.4 is 5.32 Å². The Morgan fingerprint density at radius 3 is 2.72 bits per heavy atom. The van der Waals surface area contributed by atoms with Crippen molar-refractivity contribution in [2.75, 3.05) is 0 Å². The maximum absolute atomic E-state index is 12.3. The van der Waals surface area contributed by atoms with E-state index in [4.69, 9.17) is 0 Å². The predicted molar refractivity (Wildman–Crippen MR) is 72.6 cm³/mol. The summed E-state index contributed by atoms with van der Waals surface area (Å²) < 4.78 is 0.851. The van der Waals surface area contributed by atoms with Crippen LogP contribution in [0.25, 0.3) is 0 Å². The monoisotopic (exact) mass is 311 g/mol. The molecule has 98 valence electrons. The van der Waals surface area contributed by atoms with Gasteiger partial charge < -0.3 is 5.32 Å². The number of aromatic amines is 1. The van der Waals surface area contributed by atoms with Crippen LogP contribution in [-0.2, 0) is 0 Å². The van der Waals surface area contributed by atoms with Gasteiger partial charge in [-0.1, -0.05) is 12.8 Å². The topological polar surface area (TPSA) is 57.8 Å². The molecule has 5 heteroatoms. The lowest BCUT2D eigenvalue weighted by Gasteiger charge is -2.24. The number of aromatic nitrogens is 2. The molecule has 2 saturated carbocycles. The molecule has 2 fully saturated rings. The number of nitrogens with one attached hydrogen (secondary N) is 2.